The van der Waals surface area contributed by atoms with Crippen LogP contribution in [0.2, 0.25) is 0 Å². The third-order valence-electron chi connectivity index (χ3n) is 5.79. The van der Waals surface area contributed by atoms with Gasteiger partial charge in [0, 0.05) is 51.5 Å². The Morgan fingerprint density at radius 2 is 1.68 bits per heavy atom. The highest BCUT2D eigenvalue weighted by Gasteiger charge is 2.21. The third-order valence-corrected chi connectivity index (χ3v) is 5.79. The second kappa shape index (κ2) is 12.0. The lowest BCUT2D eigenvalue weighted by Crippen LogP contribution is -2.51. The van der Waals surface area contributed by atoms with E-state index in [0.29, 0.717) is 19.6 Å². The average Bonchev–Trinajstić information content (AvgIpc) is 2.76. The van der Waals surface area contributed by atoms with Crippen molar-refractivity contribution in [3.05, 3.63) is 65.7 Å². The number of aliphatic hydroxyl groups is 1. The highest BCUT2D eigenvalue weighted by atomic mass is 16.3. The van der Waals surface area contributed by atoms with Crippen molar-refractivity contribution in [1.29, 1.82) is 0 Å². The Balaban J connectivity index is 1.35. The predicted octanol–water partition coefficient (Wildman–Crippen LogP) is 2.30. The molecular formula is C25H36N4O2. The first-order valence-electron chi connectivity index (χ1n) is 11.3. The standard InChI is InChI=1S/C25H36N4O2/c1-3-22-11-7-8-12-24(22)26-25(31)20-29-15-13-28(14-16-29)19-23(30)18-27(2)17-21-9-5-4-6-10-21/h4-12,23,30H,3,13-20H2,1-2H3,(H,26,31). The molecule has 1 fully saturated rings. The molecule has 0 spiro atoms. The monoisotopic (exact) mass is 424 g/mol. The van der Waals surface area contributed by atoms with Crippen LogP contribution >= 0.6 is 0 Å². The number of carbonyl (C=O) groups is 1. The maximum absolute atomic E-state index is 12.5. The number of carbonyl (C=O) groups excluding carboxylic acids is 1. The molecule has 1 aliphatic heterocycles. The SMILES string of the molecule is CCc1ccccc1NC(=O)CN1CCN(CC(O)CN(C)Cc2ccccc2)CC1. The van der Waals surface area contributed by atoms with Crippen LogP contribution in [0.15, 0.2) is 54.6 Å². The van der Waals surface area contributed by atoms with Gasteiger partial charge in [-0.05, 0) is 30.7 Å². The molecule has 6 heteroatoms. The molecule has 168 valence electrons. The summed E-state index contributed by atoms with van der Waals surface area (Å²) in [5.74, 6) is 0.0388. The Labute approximate surface area is 186 Å². The number of para-hydroxylation sites is 1. The number of rotatable bonds is 10. The predicted molar refractivity (Wildman–Crippen MR) is 126 cm³/mol. The lowest BCUT2D eigenvalue weighted by molar-refractivity contribution is -0.117. The van der Waals surface area contributed by atoms with Gasteiger partial charge in [-0.3, -0.25) is 19.5 Å². The van der Waals surface area contributed by atoms with Gasteiger partial charge in [0.2, 0.25) is 5.91 Å². The van der Waals surface area contributed by atoms with Crippen molar-refractivity contribution in [3.8, 4) is 0 Å². The van der Waals surface area contributed by atoms with Gasteiger partial charge in [-0.2, -0.15) is 0 Å². The molecule has 1 heterocycles. The second-order valence-electron chi connectivity index (χ2n) is 8.47. The summed E-state index contributed by atoms with van der Waals surface area (Å²) in [7, 11) is 2.05. The number of nitrogens with zero attached hydrogens (tertiary/aromatic N) is 3. The first-order chi connectivity index (χ1) is 15.0. The Morgan fingerprint density at radius 3 is 2.39 bits per heavy atom. The van der Waals surface area contributed by atoms with Crippen LogP contribution in [-0.2, 0) is 17.8 Å². The zero-order valence-corrected chi connectivity index (χ0v) is 18.8. The van der Waals surface area contributed by atoms with Crippen molar-refractivity contribution in [2.45, 2.75) is 26.0 Å². The maximum Gasteiger partial charge on any atom is 0.238 e. The summed E-state index contributed by atoms with van der Waals surface area (Å²) < 4.78 is 0. The maximum atomic E-state index is 12.5. The number of nitrogens with one attached hydrogen (secondary N) is 1. The zero-order chi connectivity index (χ0) is 22.1. The Hall–Kier alpha value is -2.25. The van der Waals surface area contributed by atoms with Crippen LogP contribution in [0.25, 0.3) is 0 Å². The van der Waals surface area contributed by atoms with E-state index in [9.17, 15) is 9.90 Å². The van der Waals surface area contributed by atoms with Crippen molar-refractivity contribution in [2.24, 2.45) is 0 Å². The molecule has 0 saturated carbocycles. The molecule has 1 unspecified atom stereocenters. The quantitative estimate of drug-likeness (QED) is 0.613. The van der Waals surface area contributed by atoms with Crippen molar-refractivity contribution in [3.63, 3.8) is 0 Å². The molecule has 1 aliphatic rings. The fraction of sp³-hybridized carbons (Fsp3) is 0.480. The number of hydrogen-bond acceptors (Lipinski definition) is 5. The number of amides is 1. The number of likely N-dealkylation sites (N-methyl/N-ethyl adjacent to an activating group) is 1. The van der Waals surface area contributed by atoms with Gasteiger partial charge in [-0.25, -0.2) is 0 Å². The molecule has 0 aromatic heterocycles. The fourth-order valence-electron chi connectivity index (χ4n) is 4.15. The number of aliphatic hydroxyl groups excluding tert-OH is 1. The second-order valence-corrected chi connectivity index (χ2v) is 8.47. The van der Waals surface area contributed by atoms with Gasteiger partial charge in [0.1, 0.15) is 0 Å². The lowest BCUT2D eigenvalue weighted by Gasteiger charge is -2.35. The van der Waals surface area contributed by atoms with Gasteiger partial charge in [-0.1, -0.05) is 55.5 Å². The lowest BCUT2D eigenvalue weighted by atomic mass is 10.1. The molecule has 0 aliphatic carbocycles. The summed E-state index contributed by atoms with van der Waals surface area (Å²) in [6.07, 6.45) is 0.520. The number of hydrogen-bond donors (Lipinski definition) is 2. The number of β-amino-alcohol motifs (C(OH)–C–C–N with tert-alkyl or cyclic N) is 1. The van der Waals surface area contributed by atoms with Gasteiger partial charge in [-0.15, -0.1) is 0 Å². The average molecular weight is 425 g/mol. The van der Waals surface area contributed by atoms with E-state index in [-0.39, 0.29) is 12.0 Å². The van der Waals surface area contributed by atoms with Crippen molar-refractivity contribution >= 4 is 11.6 Å². The first kappa shape index (κ1) is 23.4. The molecule has 2 N–H and O–H groups in total. The van der Waals surface area contributed by atoms with E-state index >= 15 is 0 Å². The number of anilines is 1. The molecule has 3 rings (SSSR count). The minimum atomic E-state index is -0.380. The highest BCUT2D eigenvalue weighted by Crippen LogP contribution is 2.15. The van der Waals surface area contributed by atoms with Crippen LogP contribution in [0.5, 0.6) is 0 Å². The number of piperazine rings is 1. The van der Waals surface area contributed by atoms with Crippen molar-refractivity contribution < 1.29 is 9.90 Å². The van der Waals surface area contributed by atoms with Crippen LogP contribution < -0.4 is 5.32 Å². The van der Waals surface area contributed by atoms with Crippen molar-refractivity contribution in [2.75, 3.05) is 58.2 Å². The highest BCUT2D eigenvalue weighted by molar-refractivity contribution is 5.93. The molecular weight excluding hydrogens is 388 g/mol. The molecule has 31 heavy (non-hydrogen) atoms. The first-order valence-corrected chi connectivity index (χ1v) is 11.3. The molecule has 6 nitrogen and oxygen atoms in total. The van der Waals surface area contributed by atoms with Crippen LogP contribution in [-0.4, -0.2) is 84.7 Å². The molecule has 2 aromatic carbocycles. The minimum absolute atomic E-state index is 0.0388. The normalized spacial score (nSPS) is 16.4. The summed E-state index contributed by atoms with van der Waals surface area (Å²) >= 11 is 0. The van der Waals surface area contributed by atoms with Gasteiger partial charge >= 0.3 is 0 Å². The van der Waals surface area contributed by atoms with Crippen LogP contribution in [0.4, 0.5) is 5.69 Å². The van der Waals surface area contributed by atoms with E-state index < -0.39 is 0 Å². The fourth-order valence-corrected chi connectivity index (χ4v) is 4.15. The Kier molecular flexibility index (Phi) is 9.03. The number of aryl methyl sites for hydroxylation is 1. The molecule has 2 aromatic rings. The van der Waals surface area contributed by atoms with Gasteiger partial charge in [0.05, 0.1) is 12.6 Å². The molecule has 1 atom stereocenters. The largest absolute Gasteiger partial charge is 0.390 e. The topological polar surface area (TPSA) is 59.1 Å². The summed E-state index contributed by atoms with van der Waals surface area (Å²) in [5.41, 5.74) is 3.33. The van der Waals surface area contributed by atoms with E-state index in [0.717, 1.165) is 50.4 Å². The summed E-state index contributed by atoms with van der Waals surface area (Å²) in [6.45, 7) is 8.09. The van der Waals surface area contributed by atoms with Gasteiger partial charge < -0.3 is 10.4 Å². The Bertz CT molecular complexity index is 806. The molecule has 1 amide bonds. The minimum Gasteiger partial charge on any atom is -0.390 e. The van der Waals surface area contributed by atoms with E-state index in [2.05, 4.69) is 45.1 Å². The Morgan fingerprint density at radius 1 is 1.03 bits per heavy atom. The number of benzene rings is 2. The molecule has 0 radical (unpaired) electrons. The van der Waals surface area contributed by atoms with Crippen LogP contribution in [0.3, 0.4) is 0 Å². The van der Waals surface area contributed by atoms with Gasteiger partial charge in [0.15, 0.2) is 0 Å². The van der Waals surface area contributed by atoms with E-state index in [1.165, 1.54) is 5.56 Å². The summed E-state index contributed by atoms with van der Waals surface area (Å²) in [4.78, 5) is 19.1. The molecule has 0 bridgehead atoms. The molecule has 1 saturated heterocycles. The summed E-state index contributed by atoms with van der Waals surface area (Å²) in [6, 6.07) is 18.3. The zero-order valence-electron chi connectivity index (χ0n) is 18.8. The summed E-state index contributed by atoms with van der Waals surface area (Å²) in [5, 5.41) is 13.6. The van der Waals surface area contributed by atoms with E-state index in [1.54, 1.807) is 0 Å². The van der Waals surface area contributed by atoms with E-state index in [1.807, 2.05) is 43.4 Å². The van der Waals surface area contributed by atoms with Crippen molar-refractivity contribution in [1.82, 2.24) is 14.7 Å². The van der Waals surface area contributed by atoms with E-state index in [4.69, 9.17) is 0 Å². The van der Waals surface area contributed by atoms with Gasteiger partial charge in [0.25, 0.3) is 0 Å². The third kappa shape index (κ3) is 7.74. The smallest absolute Gasteiger partial charge is 0.238 e. The van der Waals surface area contributed by atoms with Crippen LogP contribution in [0, 0.1) is 0 Å². The van der Waals surface area contributed by atoms with Crippen LogP contribution in [0.1, 0.15) is 18.1 Å².